The molecular formula is C10H15IN4O. The fourth-order valence-corrected chi connectivity index (χ4v) is 2.45. The lowest BCUT2D eigenvalue weighted by molar-refractivity contribution is 0.403. The van der Waals surface area contributed by atoms with E-state index in [9.17, 15) is 4.79 Å². The third-order valence-corrected chi connectivity index (χ3v) is 3.94. The average Bonchev–Trinajstić information content (AvgIpc) is 2.28. The number of nitrogens with one attached hydrogen (secondary N) is 2. The highest BCUT2D eigenvalue weighted by Crippen LogP contribution is 2.21. The molecule has 2 atom stereocenters. The number of H-pyrrole nitrogens is 1. The van der Waals surface area contributed by atoms with Crippen LogP contribution < -0.4 is 16.6 Å². The Balaban J connectivity index is 2.14. The average molecular weight is 334 g/mol. The molecule has 5 nitrogen and oxygen atoms in total. The SMILES string of the molecule is N[C@@H]1CCCC[C@H]1Nc1nc[nH]c(=O)c1I. The highest BCUT2D eigenvalue weighted by Gasteiger charge is 2.22. The summed E-state index contributed by atoms with van der Waals surface area (Å²) in [5.41, 5.74) is 5.93. The summed E-state index contributed by atoms with van der Waals surface area (Å²) >= 11 is 2.00. The van der Waals surface area contributed by atoms with E-state index in [4.69, 9.17) is 5.73 Å². The van der Waals surface area contributed by atoms with E-state index < -0.39 is 0 Å². The number of aromatic nitrogens is 2. The molecule has 88 valence electrons. The molecule has 0 bridgehead atoms. The lowest BCUT2D eigenvalue weighted by Crippen LogP contribution is -2.43. The zero-order valence-corrected chi connectivity index (χ0v) is 11.0. The third kappa shape index (κ3) is 2.54. The second-order valence-corrected chi connectivity index (χ2v) is 5.17. The number of anilines is 1. The lowest BCUT2D eigenvalue weighted by atomic mass is 9.91. The molecule has 1 aromatic rings. The molecule has 0 radical (unpaired) electrons. The number of nitrogens with two attached hydrogens (primary N) is 1. The van der Waals surface area contributed by atoms with E-state index in [-0.39, 0.29) is 17.6 Å². The van der Waals surface area contributed by atoms with Gasteiger partial charge >= 0.3 is 0 Å². The summed E-state index contributed by atoms with van der Waals surface area (Å²) in [5.74, 6) is 0.645. The van der Waals surface area contributed by atoms with Crippen LogP contribution in [0.2, 0.25) is 0 Å². The molecular weight excluding hydrogens is 319 g/mol. The Labute approximate surface area is 107 Å². The smallest absolute Gasteiger partial charge is 0.266 e. The molecule has 16 heavy (non-hydrogen) atoms. The monoisotopic (exact) mass is 334 g/mol. The van der Waals surface area contributed by atoms with Crippen LogP contribution in [-0.2, 0) is 0 Å². The molecule has 6 heteroatoms. The van der Waals surface area contributed by atoms with Crippen LogP contribution in [0, 0.1) is 3.57 Å². The third-order valence-electron chi connectivity index (χ3n) is 2.94. The predicted molar refractivity (Wildman–Crippen MR) is 71.4 cm³/mol. The van der Waals surface area contributed by atoms with E-state index in [0.717, 1.165) is 12.8 Å². The molecule has 4 N–H and O–H groups in total. The Morgan fingerprint density at radius 2 is 2.25 bits per heavy atom. The Hall–Kier alpha value is -0.630. The Kier molecular flexibility index (Phi) is 3.80. The summed E-state index contributed by atoms with van der Waals surface area (Å²) < 4.78 is 0.595. The van der Waals surface area contributed by atoms with Gasteiger partial charge in [0.25, 0.3) is 5.56 Å². The minimum atomic E-state index is -0.109. The van der Waals surface area contributed by atoms with Gasteiger partial charge in [0.1, 0.15) is 9.39 Å². The standard InChI is InChI=1S/C10H15IN4O/c11-8-9(13-5-14-10(8)16)15-7-4-2-1-3-6(7)12/h5-7H,1-4,12H2,(H2,13,14,15,16)/t6-,7-/m1/s1. The fourth-order valence-electron chi connectivity index (χ4n) is 2.00. The number of hydrogen-bond donors (Lipinski definition) is 3. The van der Waals surface area contributed by atoms with E-state index in [1.807, 2.05) is 22.6 Å². The highest BCUT2D eigenvalue weighted by atomic mass is 127. The summed E-state index contributed by atoms with van der Waals surface area (Å²) in [6, 6.07) is 0.391. The van der Waals surface area contributed by atoms with Crippen molar-refractivity contribution in [3.05, 3.63) is 20.3 Å². The van der Waals surface area contributed by atoms with Gasteiger partial charge in [0.15, 0.2) is 0 Å². The van der Waals surface area contributed by atoms with Crippen molar-refractivity contribution >= 4 is 28.4 Å². The lowest BCUT2D eigenvalue weighted by Gasteiger charge is -2.29. The number of rotatable bonds is 2. The molecule has 1 fully saturated rings. The Bertz CT molecular complexity index is 420. The van der Waals surface area contributed by atoms with Crippen LogP contribution in [0.3, 0.4) is 0 Å². The topological polar surface area (TPSA) is 83.8 Å². The predicted octanol–water partition coefficient (Wildman–Crippen LogP) is 1.06. The molecule has 1 saturated carbocycles. The number of aromatic amines is 1. The van der Waals surface area contributed by atoms with E-state index in [1.165, 1.54) is 19.2 Å². The summed E-state index contributed by atoms with van der Waals surface area (Å²) in [7, 11) is 0. The first kappa shape index (κ1) is 11.8. The van der Waals surface area contributed by atoms with E-state index in [0.29, 0.717) is 9.39 Å². The van der Waals surface area contributed by atoms with Gasteiger partial charge < -0.3 is 16.0 Å². The van der Waals surface area contributed by atoms with Gasteiger partial charge in [0.2, 0.25) is 0 Å². The number of halogens is 1. The molecule has 0 saturated heterocycles. The summed E-state index contributed by atoms with van der Waals surface area (Å²) in [4.78, 5) is 18.1. The molecule has 0 aliphatic heterocycles. The van der Waals surface area contributed by atoms with Crippen molar-refractivity contribution in [3.63, 3.8) is 0 Å². The molecule has 0 amide bonds. The fraction of sp³-hybridized carbons (Fsp3) is 0.600. The van der Waals surface area contributed by atoms with Crippen molar-refractivity contribution in [2.24, 2.45) is 5.73 Å². The van der Waals surface area contributed by atoms with Crippen LogP contribution in [0.4, 0.5) is 5.82 Å². The molecule has 0 aromatic carbocycles. The van der Waals surface area contributed by atoms with Crippen molar-refractivity contribution in [1.29, 1.82) is 0 Å². The quantitative estimate of drug-likeness (QED) is 0.706. The van der Waals surface area contributed by atoms with E-state index in [2.05, 4.69) is 15.3 Å². The van der Waals surface area contributed by atoms with E-state index in [1.54, 1.807) is 0 Å². The second-order valence-electron chi connectivity index (χ2n) is 4.09. The van der Waals surface area contributed by atoms with Gasteiger partial charge in [-0.25, -0.2) is 4.98 Å². The largest absolute Gasteiger partial charge is 0.365 e. The van der Waals surface area contributed by atoms with Crippen LogP contribution >= 0.6 is 22.6 Å². The van der Waals surface area contributed by atoms with Crippen LogP contribution in [-0.4, -0.2) is 22.1 Å². The molecule has 1 aromatic heterocycles. The first-order valence-electron chi connectivity index (χ1n) is 5.44. The van der Waals surface area contributed by atoms with Gasteiger partial charge in [-0.15, -0.1) is 0 Å². The van der Waals surface area contributed by atoms with E-state index >= 15 is 0 Å². The van der Waals surface area contributed by atoms with Crippen LogP contribution in [0.5, 0.6) is 0 Å². The molecule has 0 unspecified atom stereocenters. The van der Waals surface area contributed by atoms with Crippen LogP contribution in [0.1, 0.15) is 25.7 Å². The van der Waals surface area contributed by atoms with Gasteiger partial charge in [-0.2, -0.15) is 0 Å². The zero-order chi connectivity index (χ0) is 11.5. The molecule has 1 heterocycles. The van der Waals surface area contributed by atoms with Crippen LogP contribution in [0.15, 0.2) is 11.1 Å². The van der Waals surface area contributed by atoms with Gasteiger partial charge in [-0.3, -0.25) is 4.79 Å². The maximum atomic E-state index is 11.4. The summed E-state index contributed by atoms with van der Waals surface area (Å²) in [6.45, 7) is 0. The van der Waals surface area contributed by atoms with Crippen molar-refractivity contribution in [1.82, 2.24) is 9.97 Å². The first-order valence-corrected chi connectivity index (χ1v) is 6.51. The Morgan fingerprint density at radius 3 is 3.00 bits per heavy atom. The van der Waals surface area contributed by atoms with Gasteiger partial charge in [0.05, 0.1) is 6.33 Å². The maximum Gasteiger partial charge on any atom is 0.266 e. The van der Waals surface area contributed by atoms with Crippen molar-refractivity contribution in [2.75, 3.05) is 5.32 Å². The van der Waals surface area contributed by atoms with Crippen molar-refractivity contribution in [3.8, 4) is 0 Å². The highest BCUT2D eigenvalue weighted by molar-refractivity contribution is 14.1. The van der Waals surface area contributed by atoms with Crippen molar-refractivity contribution < 1.29 is 0 Å². The molecule has 2 rings (SSSR count). The first-order chi connectivity index (χ1) is 7.68. The summed E-state index contributed by atoms with van der Waals surface area (Å²) in [6.07, 6.45) is 5.88. The molecule has 0 spiro atoms. The molecule has 1 aliphatic rings. The minimum Gasteiger partial charge on any atom is -0.365 e. The van der Waals surface area contributed by atoms with Gasteiger partial charge in [-0.05, 0) is 35.4 Å². The second kappa shape index (κ2) is 5.13. The van der Waals surface area contributed by atoms with Crippen LogP contribution in [0.25, 0.3) is 0 Å². The maximum absolute atomic E-state index is 11.4. The molecule has 1 aliphatic carbocycles. The minimum absolute atomic E-state index is 0.109. The number of nitrogens with zero attached hydrogens (tertiary/aromatic N) is 1. The normalized spacial score (nSPS) is 25.4. The zero-order valence-electron chi connectivity index (χ0n) is 8.87. The Morgan fingerprint density at radius 1 is 1.50 bits per heavy atom. The summed E-state index contributed by atoms with van der Waals surface area (Å²) in [5, 5.41) is 3.28. The van der Waals surface area contributed by atoms with Crippen molar-refractivity contribution in [2.45, 2.75) is 37.8 Å². The van der Waals surface area contributed by atoms with Gasteiger partial charge in [0, 0.05) is 12.1 Å². The number of hydrogen-bond acceptors (Lipinski definition) is 4. The van der Waals surface area contributed by atoms with Gasteiger partial charge in [-0.1, -0.05) is 12.8 Å².